The molecule has 5 unspecified atom stereocenters. The highest BCUT2D eigenvalue weighted by Crippen LogP contribution is 2.42. The van der Waals surface area contributed by atoms with Crippen molar-refractivity contribution in [2.45, 2.75) is 79.1 Å². The Bertz CT molecular complexity index is 301. The van der Waals surface area contributed by atoms with Crippen LogP contribution in [0.25, 0.3) is 0 Å². The molecule has 2 aliphatic rings. The van der Waals surface area contributed by atoms with Crippen LogP contribution in [0.4, 0.5) is 0 Å². The molecule has 0 nitrogen and oxygen atoms in total. The predicted octanol–water partition coefficient (Wildman–Crippen LogP) is 6.22. The van der Waals surface area contributed by atoms with Gasteiger partial charge in [0, 0.05) is 0 Å². The zero-order valence-electron chi connectivity index (χ0n) is 13.6. The summed E-state index contributed by atoms with van der Waals surface area (Å²) in [6.07, 6.45) is 13.9. The van der Waals surface area contributed by atoms with Crippen molar-refractivity contribution in [3.05, 3.63) is 11.6 Å². The molecule has 0 aromatic rings. The van der Waals surface area contributed by atoms with Gasteiger partial charge in [-0.1, -0.05) is 58.6 Å². The maximum absolute atomic E-state index is 2.51. The third-order valence-electron chi connectivity index (χ3n) is 6.28. The molecule has 0 aliphatic heterocycles. The van der Waals surface area contributed by atoms with E-state index in [1.54, 1.807) is 5.57 Å². The molecule has 0 heterocycles. The van der Waals surface area contributed by atoms with E-state index >= 15 is 0 Å². The number of hydrogen-bond acceptors (Lipinski definition) is 0. The molecule has 1 fully saturated rings. The summed E-state index contributed by atoms with van der Waals surface area (Å²) < 4.78 is 0. The highest BCUT2D eigenvalue weighted by Gasteiger charge is 2.31. The topological polar surface area (TPSA) is 0 Å². The van der Waals surface area contributed by atoms with Crippen molar-refractivity contribution in [3.63, 3.8) is 0 Å². The van der Waals surface area contributed by atoms with Gasteiger partial charge in [0.05, 0.1) is 0 Å². The zero-order chi connectivity index (χ0) is 13.8. The molecule has 0 amide bonds. The van der Waals surface area contributed by atoms with Crippen molar-refractivity contribution in [2.75, 3.05) is 0 Å². The van der Waals surface area contributed by atoms with Crippen molar-refractivity contribution in [3.8, 4) is 0 Å². The lowest BCUT2D eigenvalue weighted by Gasteiger charge is -2.39. The maximum Gasteiger partial charge on any atom is -0.0285 e. The molecule has 5 atom stereocenters. The van der Waals surface area contributed by atoms with E-state index in [9.17, 15) is 0 Å². The van der Waals surface area contributed by atoms with Crippen molar-refractivity contribution >= 4 is 0 Å². The minimum atomic E-state index is 0.910. The number of rotatable bonds is 8. The van der Waals surface area contributed by atoms with E-state index in [4.69, 9.17) is 0 Å². The molecule has 19 heavy (non-hydrogen) atoms. The van der Waals surface area contributed by atoms with Gasteiger partial charge in [-0.05, 0) is 61.7 Å². The molecular formula is C19H34. The fourth-order valence-corrected chi connectivity index (χ4v) is 4.02. The van der Waals surface area contributed by atoms with Gasteiger partial charge < -0.3 is 0 Å². The van der Waals surface area contributed by atoms with Gasteiger partial charge in [0.2, 0.25) is 0 Å². The Labute approximate surface area is 121 Å². The molecule has 110 valence electrons. The van der Waals surface area contributed by atoms with Crippen LogP contribution in [-0.2, 0) is 0 Å². The fourth-order valence-electron chi connectivity index (χ4n) is 4.02. The zero-order valence-corrected chi connectivity index (χ0v) is 13.6. The Balaban J connectivity index is 1.78. The molecule has 2 rings (SSSR count). The molecule has 0 N–H and O–H groups in total. The normalized spacial score (nSPS) is 30.8. The second-order valence-electron chi connectivity index (χ2n) is 7.52. The van der Waals surface area contributed by atoms with E-state index in [1.165, 1.54) is 51.4 Å². The van der Waals surface area contributed by atoms with Crippen LogP contribution in [0.3, 0.4) is 0 Å². The van der Waals surface area contributed by atoms with E-state index in [-0.39, 0.29) is 0 Å². The van der Waals surface area contributed by atoms with Crippen molar-refractivity contribution in [1.29, 1.82) is 0 Å². The average Bonchev–Trinajstić information content (AvgIpc) is 2.34. The van der Waals surface area contributed by atoms with Crippen LogP contribution in [0.5, 0.6) is 0 Å². The first-order chi connectivity index (χ1) is 9.11. The summed E-state index contributed by atoms with van der Waals surface area (Å²) in [6.45, 7) is 9.80. The van der Waals surface area contributed by atoms with E-state index in [1.807, 2.05) is 0 Å². The van der Waals surface area contributed by atoms with Gasteiger partial charge in [-0.25, -0.2) is 0 Å². The summed E-state index contributed by atoms with van der Waals surface area (Å²) in [7, 11) is 0. The van der Waals surface area contributed by atoms with E-state index in [2.05, 4.69) is 33.8 Å². The van der Waals surface area contributed by atoms with Gasteiger partial charge in [-0.3, -0.25) is 0 Å². The van der Waals surface area contributed by atoms with Gasteiger partial charge in [-0.15, -0.1) is 0 Å². The van der Waals surface area contributed by atoms with E-state index in [0.29, 0.717) is 0 Å². The van der Waals surface area contributed by atoms with Crippen LogP contribution in [0.15, 0.2) is 11.6 Å². The smallest absolute Gasteiger partial charge is 0.0285 e. The SMILES string of the molecule is CCC(C)C(CCC(C)C1CCC1C)CC1=CCC1. The molecule has 0 aromatic carbocycles. The minimum Gasteiger partial charge on any atom is -0.0850 e. The first kappa shape index (κ1) is 15.1. The quantitative estimate of drug-likeness (QED) is 0.455. The van der Waals surface area contributed by atoms with Gasteiger partial charge in [0.15, 0.2) is 0 Å². The Morgan fingerprint density at radius 2 is 1.95 bits per heavy atom. The van der Waals surface area contributed by atoms with E-state index < -0.39 is 0 Å². The first-order valence-electron chi connectivity index (χ1n) is 8.79. The lowest BCUT2D eigenvalue weighted by Crippen LogP contribution is -2.29. The van der Waals surface area contributed by atoms with E-state index in [0.717, 1.165) is 29.6 Å². The molecule has 2 aliphatic carbocycles. The maximum atomic E-state index is 2.51. The molecule has 1 saturated carbocycles. The third kappa shape index (κ3) is 3.86. The van der Waals surface area contributed by atoms with Gasteiger partial charge >= 0.3 is 0 Å². The Hall–Kier alpha value is -0.260. The summed E-state index contributed by atoms with van der Waals surface area (Å²) in [5.74, 6) is 4.87. The largest absolute Gasteiger partial charge is 0.0850 e. The van der Waals surface area contributed by atoms with Crippen LogP contribution in [0.1, 0.15) is 79.1 Å². The Morgan fingerprint density at radius 1 is 1.21 bits per heavy atom. The standard InChI is InChI=1S/C19H34/c1-5-14(2)18(13-17-7-6-8-17)11-9-15(3)19-12-10-16(19)4/h7,14-16,18-19H,5-6,8-13H2,1-4H3. The molecule has 0 bridgehead atoms. The van der Waals surface area contributed by atoms with Crippen molar-refractivity contribution in [1.82, 2.24) is 0 Å². The molecule has 0 saturated heterocycles. The lowest BCUT2D eigenvalue weighted by atomic mass is 9.66. The summed E-state index contributed by atoms with van der Waals surface area (Å²) in [5, 5.41) is 0. The monoisotopic (exact) mass is 262 g/mol. The fraction of sp³-hybridized carbons (Fsp3) is 0.895. The van der Waals surface area contributed by atoms with Gasteiger partial charge in [0.25, 0.3) is 0 Å². The van der Waals surface area contributed by atoms with Gasteiger partial charge in [0.1, 0.15) is 0 Å². The predicted molar refractivity (Wildman–Crippen MR) is 85.2 cm³/mol. The summed E-state index contributed by atoms with van der Waals surface area (Å²) >= 11 is 0. The van der Waals surface area contributed by atoms with Crippen LogP contribution in [0, 0.1) is 29.6 Å². The highest BCUT2D eigenvalue weighted by atomic mass is 14.4. The number of hydrogen-bond donors (Lipinski definition) is 0. The lowest BCUT2D eigenvalue weighted by molar-refractivity contribution is 0.115. The summed E-state index contributed by atoms with van der Waals surface area (Å²) in [4.78, 5) is 0. The molecule has 0 aromatic heterocycles. The average molecular weight is 262 g/mol. The van der Waals surface area contributed by atoms with Crippen LogP contribution < -0.4 is 0 Å². The van der Waals surface area contributed by atoms with Crippen molar-refractivity contribution in [2.24, 2.45) is 29.6 Å². The molecular weight excluding hydrogens is 228 g/mol. The highest BCUT2D eigenvalue weighted by molar-refractivity contribution is 5.12. The second kappa shape index (κ2) is 6.95. The molecule has 0 radical (unpaired) electrons. The van der Waals surface area contributed by atoms with Crippen LogP contribution in [0.2, 0.25) is 0 Å². The van der Waals surface area contributed by atoms with Crippen molar-refractivity contribution < 1.29 is 0 Å². The van der Waals surface area contributed by atoms with Gasteiger partial charge in [-0.2, -0.15) is 0 Å². The summed E-state index contributed by atoms with van der Waals surface area (Å²) in [5.41, 5.74) is 1.76. The molecule has 0 spiro atoms. The second-order valence-corrected chi connectivity index (χ2v) is 7.52. The summed E-state index contributed by atoms with van der Waals surface area (Å²) in [6, 6.07) is 0. The molecule has 0 heteroatoms. The third-order valence-corrected chi connectivity index (χ3v) is 6.28. The Morgan fingerprint density at radius 3 is 2.37 bits per heavy atom. The minimum absolute atomic E-state index is 0.910. The first-order valence-corrected chi connectivity index (χ1v) is 8.79. The van der Waals surface area contributed by atoms with Crippen LogP contribution in [-0.4, -0.2) is 0 Å². The number of allylic oxidation sites excluding steroid dienone is 2. The Kier molecular flexibility index (Phi) is 5.54. The van der Waals surface area contributed by atoms with Crippen LogP contribution >= 0.6 is 0 Å².